The molecule has 0 spiro atoms. The second kappa shape index (κ2) is 11.8. The van der Waals surface area contributed by atoms with Crippen molar-refractivity contribution in [2.24, 2.45) is 17.3 Å². The predicted octanol–water partition coefficient (Wildman–Crippen LogP) is 6.70. The number of rotatable bonds is 7. The summed E-state index contributed by atoms with van der Waals surface area (Å²) in [6.07, 6.45) is -5.53. The molecule has 230 valence electrons. The van der Waals surface area contributed by atoms with Crippen molar-refractivity contribution in [2.45, 2.75) is 83.2 Å². The molecule has 0 bridgehead atoms. The Hall–Kier alpha value is -3.21. The number of carbonyl (C=O) groups is 2. The molecule has 2 aromatic rings. The normalized spacial score (nSPS) is 24.9. The Labute approximate surface area is 242 Å². The van der Waals surface area contributed by atoms with E-state index < -0.39 is 77.8 Å². The van der Waals surface area contributed by atoms with Crippen molar-refractivity contribution in [3.63, 3.8) is 0 Å². The summed E-state index contributed by atoms with van der Waals surface area (Å²) in [7, 11) is 1.27. The third kappa shape index (κ3) is 6.55. The van der Waals surface area contributed by atoms with Gasteiger partial charge in [0.15, 0.2) is 0 Å². The van der Waals surface area contributed by atoms with Crippen molar-refractivity contribution < 1.29 is 41.4 Å². The van der Waals surface area contributed by atoms with Gasteiger partial charge in [-0.1, -0.05) is 57.2 Å². The molecule has 11 heteroatoms. The van der Waals surface area contributed by atoms with Crippen LogP contribution in [-0.4, -0.2) is 47.0 Å². The van der Waals surface area contributed by atoms with Crippen LogP contribution in [0.15, 0.2) is 48.5 Å². The number of hydrogen-bond donors (Lipinski definition) is 2. The molecule has 1 saturated carbocycles. The van der Waals surface area contributed by atoms with Gasteiger partial charge in [0.25, 0.3) is 0 Å². The molecule has 42 heavy (non-hydrogen) atoms. The molecule has 4 rings (SSSR count). The summed E-state index contributed by atoms with van der Waals surface area (Å²) in [5, 5.41) is 13.9. The number of alkyl halides is 5. The Kier molecular flexibility index (Phi) is 8.92. The molecule has 1 saturated heterocycles. The second-order valence-electron chi connectivity index (χ2n) is 12.3. The van der Waals surface area contributed by atoms with Crippen LogP contribution in [0.3, 0.4) is 0 Å². The molecule has 1 heterocycles. The number of hydrogen-bond acceptors (Lipinski definition) is 4. The van der Waals surface area contributed by atoms with Crippen molar-refractivity contribution in [1.82, 2.24) is 10.2 Å². The number of carboxylic acid groups (broad SMARTS) is 1. The Bertz CT molecular complexity index is 1270. The highest BCUT2D eigenvalue weighted by Crippen LogP contribution is 2.50. The summed E-state index contributed by atoms with van der Waals surface area (Å²) in [4.78, 5) is 28.4. The van der Waals surface area contributed by atoms with E-state index in [2.05, 4.69) is 5.32 Å². The average molecular weight is 597 g/mol. The third-order valence-electron chi connectivity index (χ3n) is 8.52. The Balaban J connectivity index is 1.77. The van der Waals surface area contributed by atoms with Crippen molar-refractivity contribution in [3.05, 3.63) is 65.2 Å². The number of aliphatic carboxylic acids is 1. The highest BCUT2D eigenvalue weighted by atomic mass is 19.4. The van der Waals surface area contributed by atoms with Crippen LogP contribution in [0.2, 0.25) is 0 Å². The van der Waals surface area contributed by atoms with E-state index in [-0.39, 0.29) is 25.1 Å². The first-order valence-corrected chi connectivity index (χ1v) is 14.0. The predicted molar refractivity (Wildman–Crippen MR) is 146 cm³/mol. The topological polar surface area (TPSA) is 78.9 Å². The van der Waals surface area contributed by atoms with E-state index in [1.807, 2.05) is 20.8 Å². The van der Waals surface area contributed by atoms with Crippen LogP contribution in [-0.2, 0) is 22.3 Å². The number of carboxylic acids is 1. The molecule has 1 aliphatic heterocycles. The largest absolute Gasteiger partial charge is 0.496 e. The van der Waals surface area contributed by atoms with Crippen molar-refractivity contribution in [2.75, 3.05) is 7.11 Å². The molecule has 0 unspecified atom stereocenters. The van der Waals surface area contributed by atoms with E-state index in [0.717, 1.165) is 12.1 Å². The SMILES string of the molecule is COc1cc(C(F)(F)F)ccc1CN[C@@H]1[C@@H](C(C)(C)C)[C@H](C(=O)O)N(C(=O)C2CCC(F)(F)CC2)[C@@H]1c1ccccc1. The Morgan fingerprint density at radius 3 is 2.19 bits per heavy atom. The van der Waals surface area contributed by atoms with E-state index in [0.29, 0.717) is 11.1 Å². The van der Waals surface area contributed by atoms with Crippen LogP contribution in [0.5, 0.6) is 5.75 Å². The Morgan fingerprint density at radius 1 is 1.05 bits per heavy atom. The summed E-state index contributed by atoms with van der Waals surface area (Å²) >= 11 is 0. The van der Waals surface area contributed by atoms with Crippen molar-refractivity contribution >= 4 is 11.9 Å². The van der Waals surface area contributed by atoms with Gasteiger partial charge in [0.05, 0.1) is 18.7 Å². The number of amides is 1. The molecule has 0 aromatic heterocycles. The van der Waals surface area contributed by atoms with E-state index in [9.17, 15) is 36.6 Å². The van der Waals surface area contributed by atoms with Gasteiger partial charge in [-0.2, -0.15) is 13.2 Å². The summed E-state index contributed by atoms with van der Waals surface area (Å²) in [5.41, 5.74) is -0.412. The molecule has 2 aliphatic rings. The standard InChI is InChI=1S/C31H37F5N2O4/c1-29(2,3)23-24(37-17-20-10-11-21(31(34,35)36)16-22(20)42-4)25(18-8-6-5-7-9-18)38(26(23)28(40)41)27(39)19-12-14-30(32,33)15-13-19/h5-11,16,19,23-26,37H,12-15,17H2,1-4H3,(H,40,41)/t23-,24-,25-,26-/m1/s1. The summed E-state index contributed by atoms with van der Waals surface area (Å²) in [5.74, 6) is -5.91. The van der Waals surface area contributed by atoms with Crippen LogP contribution in [0, 0.1) is 17.3 Å². The van der Waals surface area contributed by atoms with Crippen LogP contribution in [0.4, 0.5) is 22.0 Å². The summed E-state index contributed by atoms with van der Waals surface area (Å²) < 4.78 is 73.1. The molecule has 2 N–H and O–H groups in total. The van der Waals surface area contributed by atoms with E-state index in [1.165, 1.54) is 18.1 Å². The molecule has 2 aromatic carbocycles. The number of carbonyl (C=O) groups excluding carboxylic acids is 1. The number of nitrogens with one attached hydrogen (secondary N) is 1. The van der Waals surface area contributed by atoms with Gasteiger partial charge in [0.2, 0.25) is 11.8 Å². The molecule has 6 nitrogen and oxygen atoms in total. The van der Waals surface area contributed by atoms with Crippen molar-refractivity contribution in [3.8, 4) is 5.75 Å². The molecule has 1 amide bonds. The number of ether oxygens (including phenoxy) is 1. The van der Waals surface area contributed by atoms with Gasteiger partial charge < -0.3 is 20.1 Å². The first-order chi connectivity index (χ1) is 19.5. The van der Waals surface area contributed by atoms with E-state index >= 15 is 0 Å². The van der Waals surface area contributed by atoms with Gasteiger partial charge in [-0.25, -0.2) is 13.6 Å². The lowest BCUT2D eigenvalue weighted by Crippen LogP contribution is -2.49. The molecule has 0 radical (unpaired) electrons. The van der Waals surface area contributed by atoms with Gasteiger partial charge in [-0.05, 0) is 36.0 Å². The van der Waals surface area contributed by atoms with Gasteiger partial charge in [0.1, 0.15) is 11.8 Å². The van der Waals surface area contributed by atoms with E-state index in [1.54, 1.807) is 30.3 Å². The number of halogens is 5. The van der Waals surface area contributed by atoms with Gasteiger partial charge in [-0.15, -0.1) is 0 Å². The summed E-state index contributed by atoms with van der Waals surface area (Å²) in [6.45, 7) is 5.65. The average Bonchev–Trinajstić information content (AvgIpc) is 3.27. The second-order valence-corrected chi connectivity index (χ2v) is 12.3. The fourth-order valence-electron chi connectivity index (χ4n) is 6.52. The van der Waals surface area contributed by atoms with Crippen molar-refractivity contribution in [1.29, 1.82) is 0 Å². The molecular weight excluding hydrogens is 559 g/mol. The minimum Gasteiger partial charge on any atom is -0.496 e. The molecule has 1 aliphatic carbocycles. The van der Waals surface area contributed by atoms with Crippen LogP contribution in [0.25, 0.3) is 0 Å². The number of methoxy groups -OCH3 is 1. The maximum Gasteiger partial charge on any atom is 0.416 e. The number of benzene rings is 2. The van der Waals surface area contributed by atoms with Crippen LogP contribution in [0.1, 0.15) is 69.2 Å². The number of nitrogens with zero attached hydrogens (tertiary/aromatic N) is 1. The fraction of sp³-hybridized carbons (Fsp3) is 0.548. The Morgan fingerprint density at radius 2 is 1.67 bits per heavy atom. The zero-order chi connectivity index (χ0) is 31.0. The molecular formula is C31H37F5N2O4. The highest BCUT2D eigenvalue weighted by Gasteiger charge is 2.58. The minimum absolute atomic E-state index is 0.0183. The van der Waals surface area contributed by atoms with Gasteiger partial charge in [-0.3, -0.25) is 4.79 Å². The van der Waals surface area contributed by atoms with Crippen LogP contribution >= 0.6 is 0 Å². The maximum atomic E-state index is 14.1. The number of likely N-dealkylation sites (tertiary alicyclic amines) is 1. The zero-order valence-electron chi connectivity index (χ0n) is 24.1. The minimum atomic E-state index is -4.56. The maximum absolute atomic E-state index is 14.1. The first-order valence-electron chi connectivity index (χ1n) is 14.0. The first kappa shape index (κ1) is 31.7. The zero-order valence-corrected chi connectivity index (χ0v) is 24.1. The fourth-order valence-corrected chi connectivity index (χ4v) is 6.52. The monoisotopic (exact) mass is 596 g/mol. The quantitative estimate of drug-likeness (QED) is 0.348. The lowest BCUT2D eigenvalue weighted by Gasteiger charge is -2.36. The highest BCUT2D eigenvalue weighted by molar-refractivity contribution is 5.87. The van der Waals surface area contributed by atoms with Crippen LogP contribution < -0.4 is 10.1 Å². The summed E-state index contributed by atoms with van der Waals surface area (Å²) in [6, 6.07) is 9.42. The molecule has 4 atom stereocenters. The van der Waals surface area contributed by atoms with E-state index in [4.69, 9.17) is 4.74 Å². The van der Waals surface area contributed by atoms with Gasteiger partial charge in [0, 0.05) is 42.8 Å². The smallest absolute Gasteiger partial charge is 0.416 e. The third-order valence-corrected chi connectivity index (χ3v) is 8.52. The lowest BCUT2D eigenvalue weighted by molar-refractivity contribution is -0.156. The van der Waals surface area contributed by atoms with Gasteiger partial charge >= 0.3 is 12.1 Å². The lowest BCUT2D eigenvalue weighted by atomic mass is 9.72. The molecule has 2 fully saturated rings.